The van der Waals surface area contributed by atoms with Crippen LogP contribution >= 0.6 is 11.6 Å². The van der Waals surface area contributed by atoms with Crippen LogP contribution < -0.4 is 16.0 Å². The van der Waals surface area contributed by atoms with Crippen molar-refractivity contribution in [3.63, 3.8) is 0 Å². The molecule has 0 spiro atoms. The zero-order valence-corrected chi connectivity index (χ0v) is 21.6. The molecule has 2 aromatic heterocycles. The number of aromatic amines is 1. The fourth-order valence-electron chi connectivity index (χ4n) is 4.27. The average molecular weight is 556 g/mol. The minimum atomic E-state index is -4.63. The number of alkyl halides is 3. The normalized spacial score (nSPS) is 13.6. The standard InChI is InChI=1S/C27H25ClF3N7O/c1-15-11-18(33-26(39)34-19-7-8-21(28)20(13-19)27(29,30)31)6-5-17(15)12-24-32-10-9-23(35-24)36-25-14-22(37-38-25)16-3-2-4-16/h5-11,13-14,16H,2-4,12H2,1H3,(H2,33,34,39)(H2,32,35,36,37,38). The number of hydrogen-bond acceptors (Lipinski definition) is 5. The number of anilines is 4. The van der Waals surface area contributed by atoms with Gasteiger partial charge >= 0.3 is 12.2 Å². The monoisotopic (exact) mass is 555 g/mol. The highest BCUT2D eigenvalue weighted by atomic mass is 35.5. The molecule has 2 heterocycles. The first-order valence-corrected chi connectivity index (χ1v) is 12.7. The van der Waals surface area contributed by atoms with Gasteiger partial charge in [-0.3, -0.25) is 5.10 Å². The van der Waals surface area contributed by atoms with E-state index in [1.54, 1.807) is 24.4 Å². The first-order chi connectivity index (χ1) is 18.6. The summed E-state index contributed by atoms with van der Waals surface area (Å²) < 4.78 is 39.3. The molecule has 0 atom stereocenters. The molecule has 12 heteroatoms. The Kier molecular flexibility index (Phi) is 7.42. The second kappa shape index (κ2) is 10.9. The molecule has 1 aliphatic carbocycles. The topological polar surface area (TPSA) is 108 Å². The van der Waals surface area contributed by atoms with Gasteiger partial charge in [-0.05, 0) is 67.3 Å². The van der Waals surface area contributed by atoms with Crippen molar-refractivity contribution in [3.05, 3.63) is 88.0 Å². The van der Waals surface area contributed by atoms with Crippen LogP contribution in [-0.2, 0) is 12.6 Å². The average Bonchev–Trinajstić information content (AvgIpc) is 3.28. The van der Waals surface area contributed by atoms with Crippen LogP contribution in [0.25, 0.3) is 0 Å². The van der Waals surface area contributed by atoms with E-state index in [-0.39, 0.29) is 5.69 Å². The van der Waals surface area contributed by atoms with E-state index in [2.05, 4.69) is 36.1 Å². The van der Waals surface area contributed by atoms with Crippen LogP contribution in [-0.4, -0.2) is 26.2 Å². The van der Waals surface area contributed by atoms with Crippen LogP contribution in [0.1, 0.15) is 53.4 Å². The molecule has 202 valence electrons. The summed E-state index contributed by atoms with van der Waals surface area (Å²) in [5.41, 5.74) is 2.41. The Balaban J connectivity index is 1.20. The molecule has 39 heavy (non-hydrogen) atoms. The molecule has 1 aliphatic rings. The lowest BCUT2D eigenvalue weighted by Crippen LogP contribution is -2.20. The molecule has 4 N–H and O–H groups in total. The van der Waals surface area contributed by atoms with Crippen LogP contribution in [0.5, 0.6) is 0 Å². The van der Waals surface area contributed by atoms with Crippen LogP contribution in [0.2, 0.25) is 5.02 Å². The summed E-state index contributed by atoms with van der Waals surface area (Å²) in [6.07, 6.45) is 1.13. The number of aromatic nitrogens is 4. The van der Waals surface area contributed by atoms with Gasteiger partial charge in [-0.1, -0.05) is 24.1 Å². The fourth-order valence-corrected chi connectivity index (χ4v) is 4.49. The highest BCUT2D eigenvalue weighted by Crippen LogP contribution is 2.37. The van der Waals surface area contributed by atoms with E-state index in [0.717, 1.165) is 29.0 Å². The number of carbonyl (C=O) groups is 1. The lowest BCUT2D eigenvalue weighted by Gasteiger charge is -2.23. The summed E-state index contributed by atoms with van der Waals surface area (Å²) >= 11 is 5.64. The lowest BCUT2D eigenvalue weighted by molar-refractivity contribution is -0.137. The number of halogens is 4. The van der Waals surface area contributed by atoms with Gasteiger partial charge < -0.3 is 16.0 Å². The minimum absolute atomic E-state index is 0.0303. The molecule has 0 bridgehead atoms. The zero-order chi connectivity index (χ0) is 27.6. The van der Waals surface area contributed by atoms with Crippen molar-refractivity contribution >= 4 is 40.6 Å². The van der Waals surface area contributed by atoms with Gasteiger partial charge in [0.25, 0.3) is 0 Å². The summed E-state index contributed by atoms with van der Waals surface area (Å²) in [4.78, 5) is 21.4. The maximum atomic E-state index is 13.1. The SMILES string of the molecule is Cc1cc(NC(=O)Nc2ccc(Cl)c(C(F)(F)F)c2)ccc1Cc1nccc(Nc2cc(C3CCC3)[nH]n2)n1. The Morgan fingerprint density at radius 1 is 1.05 bits per heavy atom. The summed E-state index contributed by atoms with van der Waals surface area (Å²) in [6.45, 7) is 1.89. The lowest BCUT2D eigenvalue weighted by atomic mass is 9.83. The first kappa shape index (κ1) is 26.5. The second-order valence-corrected chi connectivity index (χ2v) is 9.82. The molecule has 1 fully saturated rings. The van der Waals surface area contributed by atoms with E-state index in [1.165, 1.54) is 25.3 Å². The summed E-state index contributed by atoms with van der Waals surface area (Å²) in [5.74, 6) is 2.51. The van der Waals surface area contributed by atoms with Gasteiger partial charge in [-0.2, -0.15) is 18.3 Å². The summed E-state index contributed by atoms with van der Waals surface area (Å²) in [7, 11) is 0. The predicted octanol–water partition coefficient (Wildman–Crippen LogP) is 7.43. The summed E-state index contributed by atoms with van der Waals surface area (Å²) in [6, 6.07) is 11.6. The Bertz CT molecular complexity index is 1500. The van der Waals surface area contributed by atoms with E-state index in [4.69, 9.17) is 11.6 Å². The molecule has 0 saturated heterocycles. The number of aryl methyl sites for hydroxylation is 1. The molecule has 0 aliphatic heterocycles. The van der Waals surface area contributed by atoms with E-state index in [9.17, 15) is 18.0 Å². The molecule has 5 rings (SSSR count). The number of amides is 2. The molecule has 8 nitrogen and oxygen atoms in total. The van der Waals surface area contributed by atoms with Gasteiger partial charge in [-0.25, -0.2) is 14.8 Å². The molecular weight excluding hydrogens is 531 g/mol. The number of rotatable bonds is 7. The summed E-state index contributed by atoms with van der Waals surface area (Å²) in [5, 5.41) is 15.2. The molecule has 1 saturated carbocycles. The third kappa shape index (κ3) is 6.48. The van der Waals surface area contributed by atoms with E-state index < -0.39 is 22.8 Å². The number of carbonyl (C=O) groups excluding carboxylic acids is 1. The molecule has 0 unspecified atom stereocenters. The molecule has 4 aromatic rings. The fraction of sp³-hybridized carbons (Fsp3) is 0.259. The number of nitrogens with one attached hydrogen (secondary N) is 4. The predicted molar refractivity (Wildman–Crippen MR) is 144 cm³/mol. The highest BCUT2D eigenvalue weighted by Gasteiger charge is 2.33. The van der Waals surface area contributed by atoms with Gasteiger partial charge in [0, 0.05) is 41.7 Å². The van der Waals surface area contributed by atoms with Gasteiger partial charge in [0.1, 0.15) is 11.6 Å². The van der Waals surface area contributed by atoms with Crippen molar-refractivity contribution in [3.8, 4) is 0 Å². The Hall–Kier alpha value is -4.12. The van der Waals surface area contributed by atoms with Crippen molar-refractivity contribution in [2.45, 2.75) is 44.7 Å². The number of benzene rings is 2. The van der Waals surface area contributed by atoms with Crippen LogP contribution in [0.3, 0.4) is 0 Å². The van der Waals surface area contributed by atoms with Gasteiger partial charge in [0.2, 0.25) is 0 Å². The van der Waals surface area contributed by atoms with Crippen LogP contribution in [0.4, 0.5) is 41.0 Å². The van der Waals surface area contributed by atoms with E-state index in [1.807, 2.05) is 19.1 Å². The van der Waals surface area contributed by atoms with Gasteiger partial charge in [-0.15, -0.1) is 0 Å². The molecule has 0 radical (unpaired) electrons. The Labute approximate surface area is 227 Å². The maximum Gasteiger partial charge on any atom is 0.417 e. The maximum absolute atomic E-state index is 13.1. The first-order valence-electron chi connectivity index (χ1n) is 12.3. The van der Waals surface area contributed by atoms with Crippen molar-refractivity contribution < 1.29 is 18.0 Å². The number of H-pyrrole nitrogens is 1. The Morgan fingerprint density at radius 3 is 2.49 bits per heavy atom. The van der Waals surface area contributed by atoms with Crippen molar-refractivity contribution in [1.82, 2.24) is 20.2 Å². The van der Waals surface area contributed by atoms with Crippen molar-refractivity contribution in [2.24, 2.45) is 0 Å². The second-order valence-electron chi connectivity index (χ2n) is 9.41. The Morgan fingerprint density at radius 2 is 1.79 bits per heavy atom. The largest absolute Gasteiger partial charge is 0.417 e. The third-order valence-corrected chi connectivity index (χ3v) is 6.91. The van der Waals surface area contributed by atoms with Crippen LogP contribution in [0.15, 0.2) is 54.7 Å². The third-order valence-electron chi connectivity index (χ3n) is 6.58. The molecule has 2 aromatic carbocycles. The quantitative estimate of drug-likeness (QED) is 0.190. The molecular formula is C27H25ClF3N7O. The minimum Gasteiger partial charge on any atom is -0.323 e. The van der Waals surface area contributed by atoms with Crippen molar-refractivity contribution in [1.29, 1.82) is 0 Å². The molecule has 2 amide bonds. The van der Waals surface area contributed by atoms with E-state index >= 15 is 0 Å². The van der Waals surface area contributed by atoms with Gasteiger partial charge in [0.15, 0.2) is 5.82 Å². The van der Waals surface area contributed by atoms with Crippen LogP contribution in [0, 0.1) is 6.92 Å². The highest BCUT2D eigenvalue weighted by molar-refractivity contribution is 6.31. The smallest absolute Gasteiger partial charge is 0.323 e. The van der Waals surface area contributed by atoms with E-state index in [0.29, 0.717) is 35.5 Å². The van der Waals surface area contributed by atoms with Gasteiger partial charge in [0.05, 0.1) is 10.6 Å². The number of urea groups is 1. The van der Waals surface area contributed by atoms with Crippen molar-refractivity contribution in [2.75, 3.05) is 16.0 Å². The number of nitrogens with zero attached hydrogens (tertiary/aromatic N) is 3. The number of hydrogen-bond donors (Lipinski definition) is 4. The zero-order valence-electron chi connectivity index (χ0n) is 20.9.